The van der Waals surface area contributed by atoms with Gasteiger partial charge in [0, 0.05) is 12.6 Å². The van der Waals surface area contributed by atoms with Crippen LogP contribution in [-0.2, 0) is 10.5 Å². The Bertz CT molecular complexity index is 581. The second-order valence-corrected chi connectivity index (χ2v) is 5.59. The minimum Gasteiger partial charge on any atom is -0.468 e. The van der Waals surface area contributed by atoms with E-state index in [0.29, 0.717) is 18.7 Å². The third-order valence-electron chi connectivity index (χ3n) is 3.02. The third-order valence-corrected chi connectivity index (χ3v) is 3.80. The Hall–Kier alpha value is -1.98. The molecule has 0 aliphatic carbocycles. The Morgan fingerprint density at radius 2 is 2.09 bits per heavy atom. The molecule has 1 atom stereocenters. The van der Waals surface area contributed by atoms with E-state index in [0.717, 1.165) is 11.3 Å². The van der Waals surface area contributed by atoms with Crippen LogP contribution >= 0.6 is 11.8 Å². The van der Waals surface area contributed by atoms with E-state index in [1.54, 1.807) is 11.7 Å². The number of hydrogen-bond donors (Lipinski definition) is 2. The van der Waals surface area contributed by atoms with Gasteiger partial charge >= 0.3 is 0 Å². The normalized spacial score (nSPS) is 12.4. The second-order valence-electron chi connectivity index (χ2n) is 4.70. The van der Waals surface area contributed by atoms with Gasteiger partial charge in [-0.25, -0.2) is 0 Å². The highest BCUT2D eigenvalue weighted by Gasteiger charge is 2.06. The van der Waals surface area contributed by atoms with Crippen molar-refractivity contribution < 1.29 is 14.3 Å². The van der Waals surface area contributed by atoms with Gasteiger partial charge in [-0.1, -0.05) is 30.3 Å². The molecule has 2 rings (SSSR count). The third kappa shape index (κ3) is 5.79. The van der Waals surface area contributed by atoms with Crippen LogP contribution in [0, 0.1) is 0 Å². The highest BCUT2D eigenvalue weighted by Crippen LogP contribution is 2.15. The van der Waals surface area contributed by atoms with Crippen molar-refractivity contribution in [2.45, 2.75) is 18.3 Å². The van der Waals surface area contributed by atoms with Crippen molar-refractivity contribution >= 4 is 17.7 Å². The number of nitrogens with one attached hydrogen (secondary N) is 1. The van der Waals surface area contributed by atoms with E-state index in [4.69, 9.17) is 4.42 Å². The second kappa shape index (κ2) is 9.12. The van der Waals surface area contributed by atoms with Gasteiger partial charge in [0.1, 0.15) is 5.76 Å². The molecular weight excluding hydrogens is 298 g/mol. The number of hydrogen-bond acceptors (Lipinski definition) is 4. The lowest BCUT2D eigenvalue weighted by Crippen LogP contribution is -2.23. The number of rotatable bonds is 8. The van der Waals surface area contributed by atoms with Gasteiger partial charge in [-0.2, -0.15) is 0 Å². The smallest absolute Gasteiger partial charge is 0.244 e. The van der Waals surface area contributed by atoms with Crippen molar-refractivity contribution in [2.24, 2.45) is 0 Å². The summed E-state index contributed by atoms with van der Waals surface area (Å²) < 4.78 is 5.19. The first-order valence-electron chi connectivity index (χ1n) is 7.07. The predicted octanol–water partition coefficient (Wildman–Crippen LogP) is 3.27. The maximum atomic E-state index is 11.6. The molecule has 0 fully saturated rings. The molecule has 0 radical (unpaired) electrons. The highest BCUT2D eigenvalue weighted by atomic mass is 32.2. The molecule has 116 valence electrons. The maximum absolute atomic E-state index is 11.6. The van der Waals surface area contributed by atoms with Crippen LogP contribution in [0.25, 0.3) is 0 Å². The monoisotopic (exact) mass is 317 g/mol. The molecule has 0 saturated carbocycles. The van der Waals surface area contributed by atoms with Gasteiger partial charge in [0.15, 0.2) is 0 Å². The summed E-state index contributed by atoms with van der Waals surface area (Å²) in [7, 11) is 0. The van der Waals surface area contributed by atoms with Crippen LogP contribution < -0.4 is 5.32 Å². The number of furan rings is 1. The quantitative estimate of drug-likeness (QED) is 0.734. The first kappa shape index (κ1) is 16.4. The van der Waals surface area contributed by atoms with Gasteiger partial charge in [0.05, 0.1) is 18.1 Å². The van der Waals surface area contributed by atoms with Crippen LogP contribution in [0.3, 0.4) is 0 Å². The van der Waals surface area contributed by atoms with Crippen LogP contribution in [-0.4, -0.2) is 17.6 Å². The Morgan fingerprint density at radius 3 is 2.82 bits per heavy atom. The molecule has 1 aromatic carbocycles. The minimum absolute atomic E-state index is 0.160. The predicted molar refractivity (Wildman–Crippen MR) is 88.2 cm³/mol. The summed E-state index contributed by atoms with van der Waals surface area (Å²) in [5.74, 6) is 1.41. The molecule has 5 heteroatoms. The van der Waals surface area contributed by atoms with Gasteiger partial charge in [0.25, 0.3) is 0 Å². The summed E-state index contributed by atoms with van der Waals surface area (Å²) in [6.45, 7) is 0.433. The number of carbonyl (C=O) groups is 1. The van der Waals surface area contributed by atoms with Crippen LogP contribution in [0.5, 0.6) is 0 Å². The molecule has 0 aliphatic rings. The van der Waals surface area contributed by atoms with Crippen molar-refractivity contribution in [3.63, 3.8) is 0 Å². The molecule has 4 nitrogen and oxygen atoms in total. The number of benzene rings is 1. The fourth-order valence-electron chi connectivity index (χ4n) is 1.87. The van der Waals surface area contributed by atoms with Gasteiger partial charge in [-0.05, 0) is 29.5 Å². The van der Waals surface area contributed by atoms with Crippen LogP contribution in [0.4, 0.5) is 0 Å². The van der Waals surface area contributed by atoms with E-state index in [1.165, 1.54) is 17.8 Å². The first-order chi connectivity index (χ1) is 10.8. The van der Waals surface area contributed by atoms with Crippen molar-refractivity contribution in [3.8, 4) is 0 Å². The van der Waals surface area contributed by atoms with E-state index in [9.17, 15) is 9.90 Å². The maximum Gasteiger partial charge on any atom is 0.244 e. The first-order valence-corrected chi connectivity index (χ1v) is 8.12. The molecule has 2 aromatic rings. The molecule has 0 spiro atoms. The molecular formula is C17H19NO3S. The van der Waals surface area contributed by atoms with E-state index in [-0.39, 0.29) is 5.91 Å². The zero-order chi connectivity index (χ0) is 15.6. The summed E-state index contributed by atoms with van der Waals surface area (Å²) in [6, 6.07) is 13.2. The molecule has 2 N–H and O–H groups in total. The van der Waals surface area contributed by atoms with Crippen LogP contribution in [0.2, 0.25) is 0 Å². The number of aliphatic hydroxyl groups excluding tert-OH is 1. The number of aliphatic hydroxyl groups is 1. The Morgan fingerprint density at radius 1 is 1.27 bits per heavy atom. The number of amides is 1. The molecule has 22 heavy (non-hydrogen) atoms. The SMILES string of the molecule is O=C(C=CSCc1ccco1)NCCC(O)c1ccccc1. The fourth-order valence-corrected chi connectivity index (χ4v) is 2.51. The lowest BCUT2D eigenvalue weighted by molar-refractivity contribution is -0.116. The minimum atomic E-state index is -0.557. The van der Waals surface area contributed by atoms with Crippen molar-refractivity contribution in [3.05, 3.63) is 71.5 Å². The van der Waals surface area contributed by atoms with E-state index < -0.39 is 6.10 Å². The molecule has 1 aromatic heterocycles. The van der Waals surface area contributed by atoms with E-state index >= 15 is 0 Å². The zero-order valence-corrected chi connectivity index (χ0v) is 13.0. The van der Waals surface area contributed by atoms with Crippen molar-refractivity contribution in [1.29, 1.82) is 0 Å². The topological polar surface area (TPSA) is 62.5 Å². The molecule has 0 aliphatic heterocycles. The fraction of sp³-hybridized carbons (Fsp3) is 0.235. The average molecular weight is 317 g/mol. The summed E-state index contributed by atoms with van der Waals surface area (Å²) >= 11 is 1.49. The summed E-state index contributed by atoms with van der Waals surface area (Å²) in [5, 5.41) is 14.5. The largest absolute Gasteiger partial charge is 0.468 e. The highest BCUT2D eigenvalue weighted by molar-refractivity contribution is 8.01. The van der Waals surface area contributed by atoms with Crippen LogP contribution in [0.15, 0.2) is 64.6 Å². The molecule has 0 bridgehead atoms. The molecule has 1 amide bonds. The van der Waals surface area contributed by atoms with E-state index in [1.807, 2.05) is 42.5 Å². The molecule has 1 unspecified atom stereocenters. The number of carbonyl (C=O) groups excluding carboxylic acids is 1. The Labute approximate surface area is 134 Å². The van der Waals surface area contributed by atoms with E-state index in [2.05, 4.69) is 5.32 Å². The van der Waals surface area contributed by atoms with Crippen molar-refractivity contribution in [1.82, 2.24) is 5.32 Å². The molecule has 1 heterocycles. The lowest BCUT2D eigenvalue weighted by Gasteiger charge is -2.10. The zero-order valence-electron chi connectivity index (χ0n) is 12.1. The molecule has 0 saturated heterocycles. The van der Waals surface area contributed by atoms with Crippen molar-refractivity contribution in [2.75, 3.05) is 6.54 Å². The van der Waals surface area contributed by atoms with Gasteiger partial charge in [0.2, 0.25) is 5.91 Å². The van der Waals surface area contributed by atoms with Gasteiger partial charge in [-0.15, -0.1) is 11.8 Å². The summed E-state index contributed by atoms with van der Waals surface area (Å²) in [5.41, 5.74) is 0.862. The van der Waals surface area contributed by atoms with Gasteiger partial charge < -0.3 is 14.8 Å². The van der Waals surface area contributed by atoms with Crippen LogP contribution in [0.1, 0.15) is 23.8 Å². The Balaban J connectivity index is 1.61. The van der Waals surface area contributed by atoms with Gasteiger partial charge in [-0.3, -0.25) is 4.79 Å². The Kier molecular flexibility index (Phi) is 6.80. The standard InChI is InChI=1S/C17H19NO3S/c19-16(14-5-2-1-3-6-14)8-10-18-17(20)9-12-22-13-15-7-4-11-21-15/h1-7,9,11-12,16,19H,8,10,13H2,(H,18,20). The lowest BCUT2D eigenvalue weighted by atomic mass is 10.1. The summed E-state index contributed by atoms with van der Waals surface area (Å²) in [4.78, 5) is 11.6. The average Bonchev–Trinajstić information content (AvgIpc) is 3.06. The number of thioether (sulfide) groups is 1. The summed E-state index contributed by atoms with van der Waals surface area (Å²) in [6.07, 6.45) is 3.05.